The van der Waals surface area contributed by atoms with Crippen molar-refractivity contribution in [3.05, 3.63) is 12.2 Å². The number of allylic oxidation sites excluding steroid dienone is 1. The molecular formula is C5H7F3. The molecule has 0 N–H and O–H groups in total. The fourth-order valence-corrected chi connectivity index (χ4v) is 0.342. The molecule has 0 saturated heterocycles. The maximum absolute atomic E-state index is 11.2. The van der Waals surface area contributed by atoms with Crippen LogP contribution in [0.1, 0.15) is 13.3 Å². The van der Waals surface area contributed by atoms with Gasteiger partial charge in [-0.25, -0.2) is 0 Å². The Morgan fingerprint density at radius 1 is 1.50 bits per heavy atom. The van der Waals surface area contributed by atoms with E-state index in [1.807, 2.05) is 0 Å². The van der Waals surface area contributed by atoms with Gasteiger partial charge >= 0.3 is 6.18 Å². The molecule has 0 fully saturated rings. The van der Waals surface area contributed by atoms with Gasteiger partial charge in [0.1, 0.15) is 0 Å². The van der Waals surface area contributed by atoms with Gasteiger partial charge in [-0.05, 0) is 6.92 Å². The summed E-state index contributed by atoms with van der Waals surface area (Å²) in [6, 6.07) is 0. The molecule has 8 heavy (non-hydrogen) atoms. The van der Waals surface area contributed by atoms with Crippen molar-refractivity contribution >= 4 is 0 Å². The second kappa shape index (κ2) is 2.20. The Labute approximate surface area is 46.0 Å². The summed E-state index contributed by atoms with van der Waals surface area (Å²) < 4.78 is 33.7. The molecule has 0 radical (unpaired) electrons. The summed E-state index contributed by atoms with van der Waals surface area (Å²) in [7, 11) is 0. The minimum Gasteiger partial charge on any atom is -0.171 e. The Kier molecular flexibility index (Phi) is 2.07. The molecule has 0 aliphatic carbocycles. The number of hydrogen-bond acceptors (Lipinski definition) is 0. The van der Waals surface area contributed by atoms with E-state index in [0.717, 1.165) is 0 Å². The molecule has 0 atom stereocenters. The predicted molar refractivity (Wildman–Crippen MR) is 25.5 cm³/mol. The highest BCUT2D eigenvalue weighted by Crippen LogP contribution is 2.22. The highest BCUT2D eigenvalue weighted by molar-refractivity contribution is 4.90. The Balaban J connectivity index is 3.55. The topological polar surface area (TPSA) is 0 Å². The molecule has 48 valence electrons. The smallest absolute Gasteiger partial charge is 0.171 e. The lowest BCUT2D eigenvalue weighted by Crippen LogP contribution is -2.06. The predicted octanol–water partition coefficient (Wildman–Crippen LogP) is 2.51. The van der Waals surface area contributed by atoms with Gasteiger partial charge in [0, 0.05) is 0 Å². The van der Waals surface area contributed by atoms with Crippen molar-refractivity contribution in [1.82, 2.24) is 0 Å². The molecule has 0 aromatic heterocycles. The zero-order chi connectivity index (χ0) is 6.78. The lowest BCUT2D eigenvalue weighted by Gasteiger charge is -2.02. The molecule has 0 spiro atoms. The second-order valence-electron chi connectivity index (χ2n) is 1.75. The number of halogens is 3. The largest absolute Gasteiger partial charge is 0.392 e. The molecule has 3 heteroatoms. The van der Waals surface area contributed by atoms with Crippen molar-refractivity contribution in [2.45, 2.75) is 19.5 Å². The summed E-state index contributed by atoms with van der Waals surface area (Å²) in [5.74, 6) is 0. The minimum atomic E-state index is -4.08. The van der Waals surface area contributed by atoms with Gasteiger partial charge < -0.3 is 0 Å². The number of hydrogen-bond donors (Lipinski definition) is 0. The summed E-state index contributed by atoms with van der Waals surface area (Å²) in [5.41, 5.74) is 0.150. The van der Waals surface area contributed by atoms with E-state index in [9.17, 15) is 13.2 Å². The highest BCUT2D eigenvalue weighted by Gasteiger charge is 2.26. The standard InChI is InChI=1S/C5H7F3/c1-4(2)3-5(6,7)8/h1,3H2,2H3. The third-order valence-corrected chi connectivity index (χ3v) is 0.502. The third-order valence-electron chi connectivity index (χ3n) is 0.502. The van der Waals surface area contributed by atoms with E-state index < -0.39 is 12.6 Å². The second-order valence-corrected chi connectivity index (χ2v) is 1.75. The number of alkyl halides is 3. The number of rotatable bonds is 1. The SMILES string of the molecule is C=C(C)CC(F)(F)F. The average Bonchev–Trinajstić information content (AvgIpc) is 1.21. The van der Waals surface area contributed by atoms with Crippen LogP contribution in [0, 0.1) is 0 Å². The van der Waals surface area contributed by atoms with Crippen LogP contribution < -0.4 is 0 Å². The van der Waals surface area contributed by atoms with Crippen LogP contribution in [0.15, 0.2) is 12.2 Å². The maximum Gasteiger partial charge on any atom is 0.392 e. The molecule has 0 aromatic rings. The molecule has 0 unspecified atom stereocenters. The van der Waals surface area contributed by atoms with Crippen LogP contribution in [0.2, 0.25) is 0 Å². The molecule has 0 amide bonds. The first-order chi connectivity index (χ1) is 3.42. The minimum absolute atomic E-state index is 0.150. The van der Waals surface area contributed by atoms with E-state index in [1.165, 1.54) is 6.92 Å². The normalized spacial score (nSPS) is 11.5. The Morgan fingerprint density at radius 3 is 1.88 bits per heavy atom. The zero-order valence-corrected chi connectivity index (χ0v) is 4.55. The summed E-state index contributed by atoms with van der Waals surface area (Å²) in [6.45, 7) is 4.48. The lowest BCUT2D eigenvalue weighted by atomic mass is 10.2. The Hall–Kier alpha value is -0.470. The highest BCUT2D eigenvalue weighted by atomic mass is 19.4. The molecule has 0 rings (SSSR count). The average molecular weight is 124 g/mol. The van der Waals surface area contributed by atoms with E-state index in [0.29, 0.717) is 0 Å². The van der Waals surface area contributed by atoms with Gasteiger partial charge in [0.05, 0.1) is 6.42 Å². The molecule has 0 bridgehead atoms. The van der Waals surface area contributed by atoms with Gasteiger partial charge in [-0.2, -0.15) is 13.2 Å². The van der Waals surface area contributed by atoms with Gasteiger partial charge in [0.25, 0.3) is 0 Å². The van der Waals surface area contributed by atoms with Crippen molar-refractivity contribution in [2.24, 2.45) is 0 Å². The summed E-state index contributed by atoms with van der Waals surface area (Å²) >= 11 is 0. The van der Waals surface area contributed by atoms with Gasteiger partial charge in [-0.15, -0.1) is 0 Å². The van der Waals surface area contributed by atoms with Crippen molar-refractivity contribution in [2.75, 3.05) is 0 Å². The lowest BCUT2D eigenvalue weighted by molar-refractivity contribution is -0.126. The maximum atomic E-state index is 11.2. The van der Waals surface area contributed by atoms with E-state index in [4.69, 9.17) is 0 Å². The first kappa shape index (κ1) is 7.53. The van der Waals surface area contributed by atoms with E-state index in [-0.39, 0.29) is 5.57 Å². The fourth-order valence-electron chi connectivity index (χ4n) is 0.342. The molecule has 0 saturated carbocycles. The van der Waals surface area contributed by atoms with Gasteiger partial charge in [-0.1, -0.05) is 12.2 Å². The van der Waals surface area contributed by atoms with Crippen LogP contribution >= 0.6 is 0 Å². The quantitative estimate of drug-likeness (QED) is 0.471. The van der Waals surface area contributed by atoms with Crippen LogP contribution in [-0.2, 0) is 0 Å². The molecule has 0 aliphatic heterocycles. The summed E-state index contributed by atoms with van der Waals surface area (Å²) in [4.78, 5) is 0. The molecule has 0 aromatic carbocycles. The third kappa shape index (κ3) is 5.53. The van der Waals surface area contributed by atoms with Crippen molar-refractivity contribution in [1.29, 1.82) is 0 Å². The van der Waals surface area contributed by atoms with Crippen LogP contribution in [0.3, 0.4) is 0 Å². The summed E-state index contributed by atoms with van der Waals surface area (Å²) in [5, 5.41) is 0. The van der Waals surface area contributed by atoms with Crippen molar-refractivity contribution in [3.63, 3.8) is 0 Å². The molecule has 0 aliphatic rings. The van der Waals surface area contributed by atoms with Gasteiger partial charge in [0.2, 0.25) is 0 Å². The van der Waals surface area contributed by atoms with Gasteiger partial charge in [-0.3, -0.25) is 0 Å². The van der Waals surface area contributed by atoms with Crippen molar-refractivity contribution in [3.8, 4) is 0 Å². The van der Waals surface area contributed by atoms with Crippen LogP contribution in [0.5, 0.6) is 0 Å². The first-order valence-corrected chi connectivity index (χ1v) is 2.13. The fraction of sp³-hybridized carbons (Fsp3) is 0.600. The monoisotopic (exact) mass is 124 g/mol. The van der Waals surface area contributed by atoms with E-state index in [2.05, 4.69) is 6.58 Å². The van der Waals surface area contributed by atoms with Crippen molar-refractivity contribution < 1.29 is 13.2 Å². The van der Waals surface area contributed by atoms with Crippen LogP contribution in [0.4, 0.5) is 13.2 Å². The van der Waals surface area contributed by atoms with Crippen LogP contribution in [-0.4, -0.2) is 6.18 Å². The van der Waals surface area contributed by atoms with Gasteiger partial charge in [0.15, 0.2) is 0 Å². The van der Waals surface area contributed by atoms with E-state index >= 15 is 0 Å². The summed E-state index contributed by atoms with van der Waals surface area (Å²) in [6.07, 6.45) is -4.95. The Bertz CT molecular complexity index is 90.3. The Morgan fingerprint density at radius 2 is 1.88 bits per heavy atom. The van der Waals surface area contributed by atoms with Crippen LogP contribution in [0.25, 0.3) is 0 Å². The molecule has 0 heterocycles. The molecule has 0 nitrogen and oxygen atoms in total. The molecular weight excluding hydrogens is 117 g/mol. The van der Waals surface area contributed by atoms with E-state index in [1.54, 1.807) is 0 Å². The zero-order valence-electron chi connectivity index (χ0n) is 4.55. The first-order valence-electron chi connectivity index (χ1n) is 2.13.